The molecular weight excluding hydrogens is 378 g/mol. The maximum absolute atomic E-state index is 5.30. The van der Waals surface area contributed by atoms with Gasteiger partial charge in [-0.05, 0) is 48.6 Å². The van der Waals surface area contributed by atoms with E-state index in [1.807, 2.05) is 19.1 Å². The number of para-hydroxylation sites is 1. The van der Waals surface area contributed by atoms with Crippen molar-refractivity contribution in [1.29, 1.82) is 0 Å². The molecule has 0 amide bonds. The van der Waals surface area contributed by atoms with Crippen LogP contribution in [0.25, 0.3) is 21.3 Å². The predicted octanol–water partition coefficient (Wildman–Crippen LogP) is 6.93. The lowest BCUT2D eigenvalue weighted by molar-refractivity contribution is 0.415. The van der Waals surface area contributed by atoms with E-state index in [-0.39, 0.29) is 0 Å². The van der Waals surface area contributed by atoms with Gasteiger partial charge in [0.2, 0.25) is 0 Å². The topological polar surface area (TPSA) is 47.0 Å². The minimum absolute atomic E-state index is 0.473. The monoisotopic (exact) mass is 403 g/mol. The normalized spacial score (nSPS) is 12.1. The first kappa shape index (κ1) is 19.4. The quantitative estimate of drug-likeness (QED) is 0.379. The fourth-order valence-electron chi connectivity index (χ4n) is 3.51. The fourth-order valence-corrected chi connectivity index (χ4v) is 4.50. The Balaban J connectivity index is 1.84. The fraction of sp³-hybridized carbons (Fsp3) is 0.250. The summed E-state index contributed by atoms with van der Waals surface area (Å²) in [6.07, 6.45) is 1.09. The Kier molecular flexibility index (Phi) is 5.49. The van der Waals surface area contributed by atoms with E-state index >= 15 is 0 Å². The molecule has 2 aromatic heterocycles. The second-order valence-corrected chi connectivity index (χ2v) is 8.06. The van der Waals surface area contributed by atoms with Gasteiger partial charge in [-0.1, -0.05) is 44.2 Å². The van der Waals surface area contributed by atoms with Gasteiger partial charge < -0.3 is 10.1 Å². The molecule has 0 saturated carbocycles. The SMILES string of the molecule is CCC(C)c1ccccc1Nc1nc(C)nc2scc(-c3ccc(OC)cc3)c12. The summed E-state index contributed by atoms with van der Waals surface area (Å²) in [7, 11) is 1.68. The van der Waals surface area contributed by atoms with Gasteiger partial charge in [0.1, 0.15) is 22.2 Å². The average Bonchev–Trinajstić information content (AvgIpc) is 3.17. The van der Waals surface area contributed by atoms with Crippen LogP contribution in [0.2, 0.25) is 0 Å². The number of aryl methyl sites for hydroxylation is 1. The van der Waals surface area contributed by atoms with Crippen molar-refractivity contribution in [2.45, 2.75) is 33.1 Å². The van der Waals surface area contributed by atoms with Crippen molar-refractivity contribution in [2.75, 3.05) is 12.4 Å². The van der Waals surface area contributed by atoms with Crippen LogP contribution in [0.5, 0.6) is 5.75 Å². The Morgan fingerprint density at radius 1 is 1.07 bits per heavy atom. The molecule has 0 bridgehead atoms. The van der Waals surface area contributed by atoms with Gasteiger partial charge in [0, 0.05) is 16.6 Å². The Hall–Kier alpha value is -2.92. The first-order chi connectivity index (χ1) is 14.1. The van der Waals surface area contributed by atoms with E-state index in [1.54, 1.807) is 18.4 Å². The largest absolute Gasteiger partial charge is 0.497 e. The summed E-state index contributed by atoms with van der Waals surface area (Å²) in [6, 6.07) is 16.6. The minimum Gasteiger partial charge on any atom is -0.497 e. The van der Waals surface area contributed by atoms with Gasteiger partial charge in [0.25, 0.3) is 0 Å². The number of rotatable bonds is 6. The van der Waals surface area contributed by atoms with Gasteiger partial charge in [0.05, 0.1) is 12.5 Å². The second-order valence-electron chi connectivity index (χ2n) is 7.20. The van der Waals surface area contributed by atoms with Crippen LogP contribution in [0.1, 0.15) is 37.6 Å². The molecule has 1 atom stereocenters. The van der Waals surface area contributed by atoms with Crippen molar-refractivity contribution >= 4 is 33.1 Å². The molecule has 4 aromatic rings. The van der Waals surface area contributed by atoms with Gasteiger partial charge >= 0.3 is 0 Å². The second kappa shape index (κ2) is 8.21. The zero-order valence-electron chi connectivity index (χ0n) is 17.2. The molecule has 148 valence electrons. The minimum atomic E-state index is 0.473. The molecule has 2 heterocycles. The molecule has 2 aromatic carbocycles. The highest BCUT2D eigenvalue weighted by Gasteiger charge is 2.16. The van der Waals surface area contributed by atoms with Crippen molar-refractivity contribution in [3.8, 4) is 16.9 Å². The summed E-state index contributed by atoms with van der Waals surface area (Å²) in [4.78, 5) is 10.4. The number of anilines is 2. The molecule has 4 rings (SSSR count). The molecule has 0 aliphatic heterocycles. The van der Waals surface area contributed by atoms with Crippen molar-refractivity contribution in [2.24, 2.45) is 0 Å². The van der Waals surface area contributed by atoms with E-state index in [1.165, 1.54) is 5.56 Å². The molecule has 0 radical (unpaired) electrons. The van der Waals surface area contributed by atoms with E-state index in [0.29, 0.717) is 5.92 Å². The molecular formula is C24H25N3OS. The van der Waals surface area contributed by atoms with Crippen molar-refractivity contribution in [3.63, 3.8) is 0 Å². The number of aromatic nitrogens is 2. The van der Waals surface area contributed by atoms with Crippen molar-refractivity contribution in [3.05, 3.63) is 65.3 Å². The van der Waals surface area contributed by atoms with Crippen LogP contribution in [0.4, 0.5) is 11.5 Å². The van der Waals surface area contributed by atoms with E-state index in [0.717, 1.165) is 50.8 Å². The number of thiophene rings is 1. The summed E-state index contributed by atoms with van der Waals surface area (Å²) in [5, 5.41) is 6.84. The number of hydrogen-bond donors (Lipinski definition) is 1. The highest BCUT2D eigenvalue weighted by molar-refractivity contribution is 7.17. The van der Waals surface area contributed by atoms with Gasteiger partial charge in [-0.2, -0.15) is 0 Å². The lowest BCUT2D eigenvalue weighted by Gasteiger charge is -2.17. The van der Waals surface area contributed by atoms with Gasteiger partial charge in [0.15, 0.2) is 0 Å². The number of nitrogens with zero attached hydrogens (tertiary/aromatic N) is 2. The summed E-state index contributed by atoms with van der Waals surface area (Å²) < 4.78 is 5.30. The smallest absolute Gasteiger partial charge is 0.143 e. The Morgan fingerprint density at radius 3 is 2.55 bits per heavy atom. The first-order valence-corrected chi connectivity index (χ1v) is 10.7. The Labute approximate surface area is 175 Å². The molecule has 0 aliphatic rings. The summed E-state index contributed by atoms with van der Waals surface area (Å²) >= 11 is 1.65. The molecule has 0 fully saturated rings. The number of benzene rings is 2. The lowest BCUT2D eigenvalue weighted by Crippen LogP contribution is -2.02. The zero-order valence-corrected chi connectivity index (χ0v) is 18.0. The third kappa shape index (κ3) is 3.83. The lowest BCUT2D eigenvalue weighted by atomic mass is 9.97. The molecule has 1 unspecified atom stereocenters. The van der Waals surface area contributed by atoms with E-state index < -0.39 is 0 Å². The summed E-state index contributed by atoms with van der Waals surface area (Å²) in [5.41, 5.74) is 4.67. The zero-order chi connectivity index (χ0) is 20.4. The number of nitrogens with one attached hydrogen (secondary N) is 1. The Bertz CT molecular complexity index is 1130. The van der Waals surface area contributed by atoms with E-state index in [4.69, 9.17) is 9.72 Å². The van der Waals surface area contributed by atoms with Crippen molar-refractivity contribution in [1.82, 2.24) is 9.97 Å². The molecule has 0 spiro atoms. The van der Waals surface area contributed by atoms with Gasteiger partial charge in [-0.25, -0.2) is 9.97 Å². The average molecular weight is 404 g/mol. The van der Waals surface area contributed by atoms with Crippen molar-refractivity contribution < 1.29 is 4.74 Å². The molecule has 1 N–H and O–H groups in total. The van der Waals surface area contributed by atoms with Crippen LogP contribution in [0, 0.1) is 6.92 Å². The van der Waals surface area contributed by atoms with Crippen LogP contribution in [0.3, 0.4) is 0 Å². The van der Waals surface area contributed by atoms with Gasteiger partial charge in [-0.15, -0.1) is 11.3 Å². The summed E-state index contributed by atoms with van der Waals surface area (Å²) in [6.45, 7) is 6.42. The number of hydrogen-bond acceptors (Lipinski definition) is 5. The van der Waals surface area contributed by atoms with Crippen LogP contribution < -0.4 is 10.1 Å². The molecule has 4 nitrogen and oxygen atoms in total. The number of fused-ring (bicyclic) bond motifs is 1. The van der Waals surface area contributed by atoms with Crippen LogP contribution in [-0.2, 0) is 0 Å². The van der Waals surface area contributed by atoms with Crippen LogP contribution in [0.15, 0.2) is 53.9 Å². The third-order valence-electron chi connectivity index (χ3n) is 5.30. The molecule has 29 heavy (non-hydrogen) atoms. The molecule has 0 saturated heterocycles. The highest BCUT2D eigenvalue weighted by Crippen LogP contribution is 2.39. The predicted molar refractivity (Wildman–Crippen MR) is 123 cm³/mol. The summed E-state index contributed by atoms with van der Waals surface area (Å²) in [5.74, 6) is 2.95. The molecule has 5 heteroatoms. The molecule has 0 aliphatic carbocycles. The number of ether oxygens (including phenoxy) is 1. The highest BCUT2D eigenvalue weighted by atomic mass is 32.1. The first-order valence-electron chi connectivity index (χ1n) is 9.87. The number of methoxy groups -OCH3 is 1. The maximum atomic E-state index is 5.30. The Morgan fingerprint density at radius 2 is 1.83 bits per heavy atom. The maximum Gasteiger partial charge on any atom is 0.143 e. The van der Waals surface area contributed by atoms with Crippen LogP contribution in [-0.4, -0.2) is 17.1 Å². The standard InChI is InChI=1S/C24H25N3OS/c1-5-15(2)19-8-6-7-9-21(19)27-23-22-20(14-29-24(22)26-16(3)25-23)17-10-12-18(28-4)13-11-17/h6-15H,5H2,1-4H3,(H,25,26,27). The third-order valence-corrected chi connectivity index (χ3v) is 6.18. The van der Waals surface area contributed by atoms with Crippen LogP contribution >= 0.6 is 11.3 Å². The van der Waals surface area contributed by atoms with E-state index in [2.05, 4.69) is 65.9 Å². The van der Waals surface area contributed by atoms with E-state index in [9.17, 15) is 0 Å². The van der Waals surface area contributed by atoms with Gasteiger partial charge in [-0.3, -0.25) is 0 Å².